The molecule has 4 nitrogen and oxygen atoms in total. The highest BCUT2D eigenvalue weighted by molar-refractivity contribution is 7.82. The lowest BCUT2D eigenvalue weighted by atomic mass is 9.95. The van der Waals surface area contributed by atoms with E-state index in [0.29, 0.717) is 11.7 Å². The fraction of sp³-hybridized carbons (Fsp3) is 1.00. The van der Waals surface area contributed by atoms with Crippen molar-refractivity contribution in [2.24, 2.45) is 11.1 Å². The maximum atomic E-state index is 10.8. The third-order valence-corrected chi connectivity index (χ3v) is 3.08. The SMILES string of the molecule is COC(CS(N)=O)C1CCOCC1. The van der Waals surface area contributed by atoms with Crippen LogP contribution in [0.4, 0.5) is 0 Å². The van der Waals surface area contributed by atoms with Crippen LogP contribution in [0.15, 0.2) is 0 Å². The Balaban J connectivity index is 2.39. The lowest BCUT2D eigenvalue weighted by Gasteiger charge is -2.28. The van der Waals surface area contributed by atoms with Crippen LogP contribution >= 0.6 is 0 Å². The molecular formula is C8H17NO3S. The maximum absolute atomic E-state index is 10.8. The fourth-order valence-electron chi connectivity index (χ4n) is 1.65. The molecule has 1 fully saturated rings. The van der Waals surface area contributed by atoms with Crippen LogP contribution in [0.1, 0.15) is 12.8 Å². The number of rotatable bonds is 4. The minimum Gasteiger partial charge on any atom is -0.381 e. The lowest BCUT2D eigenvalue weighted by molar-refractivity contribution is -0.00289. The Kier molecular flexibility index (Phi) is 4.87. The van der Waals surface area contributed by atoms with Gasteiger partial charge in [0.25, 0.3) is 0 Å². The summed E-state index contributed by atoms with van der Waals surface area (Å²) in [6.45, 7) is 1.56. The Morgan fingerprint density at radius 3 is 2.69 bits per heavy atom. The molecule has 1 saturated heterocycles. The summed E-state index contributed by atoms with van der Waals surface area (Å²) in [6, 6.07) is 0. The molecule has 0 amide bonds. The summed E-state index contributed by atoms with van der Waals surface area (Å²) in [7, 11) is 0.383. The molecule has 0 aromatic rings. The van der Waals surface area contributed by atoms with Crippen LogP contribution in [-0.2, 0) is 20.5 Å². The average molecular weight is 207 g/mol. The standard InChI is InChI=1S/C8H17NO3S/c1-11-8(6-13(9)10)7-2-4-12-5-3-7/h7-8H,2-6,9H2,1H3. The summed E-state index contributed by atoms with van der Waals surface area (Å²) in [5.41, 5.74) is 0. The normalized spacial score (nSPS) is 24.2. The van der Waals surface area contributed by atoms with E-state index in [1.54, 1.807) is 7.11 Å². The Labute approximate surface area is 81.4 Å². The predicted molar refractivity (Wildman–Crippen MR) is 51.5 cm³/mol. The van der Waals surface area contributed by atoms with Crippen molar-refractivity contribution in [3.63, 3.8) is 0 Å². The summed E-state index contributed by atoms with van der Waals surface area (Å²) in [5.74, 6) is 0.882. The number of nitrogens with two attached hydrogens (primary N) is 1. The van der Waals surface area contributed by atoms with E-state index in [-0.39, 0.29) is 6.10 Å². The van der Waals surface area contributed by atoms with E-state index in [9.17, 15) is 4.21 Å². The zero-order valence-electron chi connectivity index (χ0n) is 7.90. The topological polar surface area (TPSA) is 61.5 Å². The minimum absolute atomic E-state index is 0.0229. The Bertz CT molecular complexity index is 171. The van der Waals surface area contributed by atoms with Gasteiger partial charge in [0.1, 0.15) is 0 Å². The largest absolute Gasteiger partial charge is 0.381 e. The van der Waals surface area contributed by atoms with Gasteiger partial charge in [0.15, 0.2) is 0 Å². The highest BCUT2D eigenvalue weighted by Gasteiger charge is 2.24. The molecule has 0 bridgehead atoms. The van der Waals surface area contributed by atoms with Crippen molar-refractivity contribution in [3.05, 3.63) is 0 Å². The number of hydrogen-bond acceptors (Lipinski definition) is 3. The van der Waals surface area contributed by atoms with E-state index < -0.39 is 11.0 Å². The molecule has 0 aliphatic carbocycles. The Morgan fingerprint density at radius 1 is 1.62 bits per heavy atom. The first-order valence-electron chi connectivity index (χ1n) is 4.47. The Morgan fingerprint density at radius 2 is 2.23 bits per heavy atom. The number of hydrogen-bond donors (Lipinski definition) is 1. The molecule has 1 aliphatic rings. The van der Waals surface area contributed by atoms with Crippen molar-refractivity contribution in [1.29, 1.82) is 0 Å². The molecular weight excluding hydrogens is 190 g/mol. The van der Waals surface area contributed by atoms with E-state index in [0.717, 1.165) is 26.1 Å². The van der Waals surface area contributed by atoms with Gasteiger partial charge in [0, 0.05) is 20.3 Å². The summed E-state index contributed by atoms with van der Waals surface area (Å²) >= 11 is 0. The van der Waals surface area contributed by atoms with Gasteiger partial charge >= 0.3 is 0 Å². The third kappa shape index (κ3) is 3.72. The smallest absolute Gasteiger partial charge is 0.0914 e. The summed E-state index contributed by atoms with van der Waals surface area (Å²) in [5, 5.41) is 5.24. The molecule has 0 radical (unpaired) electrons. The highest BCUT2D eigenvalue weighted by Crippen LogP contribution is 2.20. The van der Waals surface area contributed by atoms with Crippen LogP contribution < -0.4 is 5.14 Å². The van der Waals surface area contributed by atoms with Crippen molar-refractivity contribution in [2.45, 2.75) is 18.9 Å². The van der Waals surface area contributed by atoms with Gasteiger partial charge < -0.3 is 9.47 Å². The molecule has 78 valence electrons. The van der Waals surface area contributed by atoms with Gasteiger partial charge in [-0.05, 0) is 18.8 Å². The van der Waals surface area contributed by atoms with E-state index in [2.05, 4.69) is 0 Å². The number of methoxy groups -OCH3 is 1. The molecule has 13 heavy (non-hydrogen) atoms. The van der Waals surface area contributed by atoms with Crippen LogP contribution in [0.3, 0.4) is 0 Å². The zero-order chi connectivity index (χ0) is 9.68. The molecule has 2 N–H and O–H groups in total. The molecule has 2 atom stereocenters. The molecule has 1 heterocycles. The second kappa shape index (κ2) is 5.70. The van der Waals surface area contributed by atoms with Gasteiger partial charge in [0.2, 0.25) is 0 Å². The highest BCUT2D eigenvalue weighted by atomic mass is 32.2. The first-order valence-corrected chi connectivity index (χ1v) is 5.85. The van der Waals surface area contributed by atoms with Gasteiger partial charge in [-0.15, -0.1) is 0 Å². The third-order valence-electron chi connectivity index (χ3n) is 2.42. The van der Waals surface area contributed by atoms with Crippen molar-refractivity contribution in [1.82, 2.24) is 0 Å². The molecule has 5 heteroatoms. The van der Waals surface area contributed by atoms with Gasteiger partial charge in [-0.1, -0.05) is 0 Å². The average Bonchev–Trinajstić information content (AvgIpc) is 2.15. The van der Waals surface area contributed by atoms with Crippen molar-refractivity contribution >= 4 is 11.0 Å². The van der Waals surface area contributed by atoms with Crippen LogP contribution in [0.2, 0.25) is 0 Å². The van der Waals surface area contributed by atoms with Gasteiger partial charge in [0.05, 0.1) is 22.8 Å². The molecule has 0 aromatic heterocycles. The van der Waals surface area contributed by atoms with Crippen molar-refractivity contribution in [3.8, 4) is 0 Å². The molecule has 1 aliphatic heterocycles. The van der Waals surface area contributed by atoms with E-state index >= 15 is 0 Å². The molecule has 0 aromatic carbocycles. The second-order valence-corrected chi connectivity index (χ2v) is 4.37. The maximum Gasteiger partial charge on any atom is 0.0914 e. The van der Waals surface area contributed by atoms with Crippen molar-refractivity contribution in [2.75, 3.05) is 26.1 Å². The van der Waals surface area contributed by atoms with Crippen LogP contribution in [0, 0.1) is 5.92 Å². The molecule has 0 spiro atoms. The van der Waals surface area contributed by atoms with E-state index in [1.165, 1.54) is 0 Å². The van der Waals surface area contributed by atoms with Crippen LogP contribution in [0.5, 0.6) is 0 Å². The van der Waals surface area contributed by atoms with Crippen LogP contribution in [-0.4, -0.2) is 36.4 Å². The van der Waals surface area contributed by atoms with Crippen LogP contribution in [0.25, 0.3) is 0 Å². The van der Waals surface area contributed by atoms with Gasteiger partial charge in [-0.25, -0.2) is 4.21 Å². The molecule has 1 rings (SSSR count). The monoisotopic (exact) mass is 207 g/mol. The predicted octanol–water partition coefficient (Wildman–Crippen LogP) is 0.0504. The van der Waals surface area contributed by atoms with E-state index in [4.69, 9.17) is 14.6 Å². The molecule has 0 saturated carbocycles. The van der Waals surface area contributed by atoms with Gasteiger partial charge in [-0.3, -0.25) is 5.14 Å². The summed E-state index contributed by atoms with van der Waals surface area (Å²) in [6.07, 6.45) is 1.99. The first-order chi connectivity index (χ1) is 6.24. The van der Waals surface area contributed by atoms with Gasteiger partial charge in [-0.2, -0.15) is 0 Å². The summed E-state index contributed by atoms with van der Waals surface area (Å²) < 4.78 is 21.3. The minimum atomic E-state index is -1.26. The Hall–Kier alpha value is 0.0300. The quantitative estimate of drug-likeness (QED) is 0.708. The summed E-state index contributed by atoms with van der Waals surface area (Å²) in [4.78, 5) is 0. The second-order valence-electron chi connectivity index (χ2n) is 3.27. The zero-order valence-corrected chi connectivity index (χ0v) is 8.72. The van der Waals surface area contributed by atoms with Crippen molar-refractivity contribution < 1.29 is 13.7 Å². The first kappa shape index (κ1) is 11.1. The van der Waals surface area contributed by atoms with E-state index in [1.807, 2.05) is 0 Å². The molecule has 2 unspecified atom stereocenters. The fourth-order valence-corrected chi connectivity index (χ4v) is 2.38. The lowest BCUT2D eigenvalue weighted by Crippen LogP contribution is -2.34. The number of ether oxygens (including phenoxy) is 2.